The Morgan fingerprint density at radius 2 is 1.83 bits per heavy atom. The fourth-order valence-electron chi connectivity index (χ4n) is 2.76. The summed E-state index contributed by atoms with van der Waals surface area (Å²) >= 11 is 1.27. The van der Waals surface area contributed by atoms with Gasteiger partial charge in [-0.2, -0.15) is 0 Å². The van der Waals surface area contributed by atoms with Gasteiger partial charge >= 0.3 is 6.03 Å². The van der Waals surface area contributed by atoms with Gasteiger partial charge in [-0.1, -0.05) is 49.0 Å². The number of nitrogens with one attached hydrogen (secondary N) is 2. The van der Waals surface area contributed by atoms with Crippen molar-refractivity contribution in [3.8, 4) is 11.4 Å². The van der Waals surface area contributed by atoms with Crippen LogP contribution in [0.15, 0.2) is 60.0 Å². The first-order valence-electron chi connectivity index (χ1n) is 9.21. The molecule has 2 heterocycles. The first-order valence-corrected chi connectivity index (χ1v) is 10.1. The van der Waals surface area contributed by atoms with Gasteiger partial charge in [0.15, 0.2) is 11.0 Å². The summed E-state index contributed by atoms with van der Waals surface area (Å²) in [4.78, 5) is 28.5. The van der Waals surface area contributed by atoms with Crippen LogP contribution in [0.4, 0.5) is 4.79 Å². The summed E-state index contributed by atoms with van der Waals surface area (Å²) in [6, 6.07) is 12.5. The number of carbonyl (C=O) groups is 2. The summed E-state index contributed by atoms with van der Waals surface area (Å²) < 4.78 is 1.99. The van der Waals surface area contributed by atoms with E-state index < -0.39 is 17.2 Å². The van der Waals surface area contributed by atoms with Crippen LogP contribution < -0.4 is 10.6 Å². The Morgan fingerprint density at radius 1 is 1.10 bits per heavy atom. The van der Waals surface area contributed by atoms with Gasteiger partial charge in [0.25, 0.3) is 0 Å². The average molecular weight is 411 g/mol. The molecule has 0 bridgehead atoms. The van der Waals surface area contributed by atoms with Gasteiger partial charge in [0.1, 0.15) is 5.25 Å². The van der Waals surface area contributed by atoms with Gasteiger partial charge in [-0.05, 0) is 24.1 Å². The lowest BCUT2D eigenvalue weighted by molar-refractivity contribution is -0.119. The van der Waals surface area contributed by atoms with Gasteiger partial charge in [-0.15, -0.1) is 10.2 Å². The molecule has 1 aromatic carbocycles. The van der Waals surface area contributed by atoms with Crippen LogP contribution in [0.1, 0.15) is 24.2 Å². The molecule has 0 aliphatic rings. The Bertz CT molecular complexity index is 962. The molecule has 2 aromatic heterocycles. The number of amides is 3. The normalized spacial score (nSPS) is 11.7. The van der Waals surface area contributed by atoms with Crippen LogP contribution in [0.5, 0.6) is 0 Å². The molecule has 0 radical (unpaired) electrons. The van der Waals surface area contributed by atoms with E-state index in [1.165, 1.54) is 18.8 Å². The summed E-state index contributed by atoms with van der Waals surface area (Å²) in [7, 11) is 1.46. The van der Waals surface area contributed by atoms with E-state index in [0.29, 0.717) is 11.7 Å². The number of hydrogen-bond donors (Lipinski definition) is 2. The lowest BCUT2D eigenvalue weighted by Crippen LogP contribution is -2.39. The number of urea groups is 1. The van der Waals surface area contributed by atoms with Crippen LogP contribution >= 0.6 is 11.8 Å². The predicted molar refractivity (Wildman–Crippen MR) is 111 cm³/mol. The molecule has 29 heavy (non-hydrogen) atoms. The highest BCUT2D eigenvalue weighted by atomic mass is 32.2. The van der Waals surface area contributed by atoms with Crippen molar-refractivity contribution in [1.82, 2.24) is 30.4 Å². The predicted octanol–water partition coefficient (Wildman–Crippen LogP) is 3.04. The second-order valence-corrected chi connectivity index (χ2v) is 7.24. The molecule has 0 saturated heterocycles. The van der Waals surface area contributed by atoms with Gasteiger partial charge in [0, 0.05) is 31.5 Å². The molecule has 3 amide bonds. The summed E-state index contributed by atoms with van der Waals surface area (Å²) in [6.07, 6.45) is 4.29. The zero-order valence-electron chi connectivity index (χ0n) is 16.2. The zero-order chi connectivity index (χ0) is 20.6. The smallest absolute Gasteiger partial charge is 0.321 e. The molecule has 9 heteroatoms. The molecular formula is C20H22N6O2S. The molecule has 0 unspecified atom stereocenters. The van der Waals surface area contributed by atoms with Crippen LogP contribution in [0, 0.1) is 0 Å². The highest BCUT2D eigenvalue weighted by molar-refractivity contribution is 8.00. The lowest BCUT2D eigenvalue weighted by atomic mass is 10.1. The molecule has 0 aliphatic heterocycles. The van der Waals surface area contributed by atoms with Crippen molar-refractivity contribution in [1.29, 1.82) is 0 Å². The lowest BCUT2D eigenvalue weighted by Gasteiger charge is -2.17. The number of imide groups is 1. The van der Waals surface area contributed by atoms with Crippen LogP contribution in [0.2, 0.25) is 0 Å². The third-order valence-electron chi connectivity index (χ3n) is 4.13. The Balaban J connectivity index is 1.96. The topological polar surface area (TPSA) is 102 Å². The summed E-state index contributed by atoms with van der Waals surface area (Å²) in [6.45, 7) is 2.77. The second kappa shape index (κ2) is 9.83. The van der Waals surface area contributed by atoms with Crippen molar-refractivity contribution in [3.05, 3.63) is 60.4 Å². The van der Waals surface area contributed by atoms with Crippen LogP contribution in [-0.4, -0.2) is 38.7 Å². The molecule has 3 rings (SSSR count). The molecule has 3 aromatic rings. The molecule has 0 fully saturated rings. The molecule has 0 spiro atoms. The number of nitrogens with zero attached hydrogens (tertiary/aromatic N) is 4. The summed E-state index contributed by atoms with van der Waals surface area (Å²) in [5.74, 6) is 0.298. The number of carbonyl (C=O) groups excluding carboxylic acids is 2. The van der Waals surface area contributed by atoms with E-state index in [1.54, 1.807) is 12.4 Å². The van der Waals surface area contributed by atoms with Gasteiger partial charge in [0.05, 0.1) is 0 Å². The standard InChI is InChI=1S/C20H22N6O2S/c1-3-13-26-17(15-9-11-22-12-10-15)24-25-20(26)29-16(14-7-5-4-6-8-14)18(27)23-19(28)21-2/h4-12,16H,3,13H2,1-2H3,(H2,21,23,27,28)/t16-/m1/s1. The molecular weight excluding hydrogens is 388 g/mol. The molecule has 2 N–H and O–H groups in total. The first kappa shape index (κ1) is 20.5. The zero-order valence-corrected chi connectivity index (χ0v) is 17.0. The molecule has 0 saturated carbocycles. The Morgan fingerprint density at radius 3 is 2.48 bits per heavy atom. The molecule has 150 valence electrons. The number of rotatable bonds is 7. The Hall–Kier alpha value is -3.20. The monoisotopic (exact) mass is 410 g/mol. The van der Waals surface area contributed by atoms with Crippen molar-refractivity contribution in [3.63, 3.8) is 0 Å². The fraction of sp³-hybridized carbons (Fsp3) is 0.250. The minimum atomic E-state index is -0.654. The van der Waals surface area contributed by atoms with Gasteiger partial charge in [-0.3, -0.25) is 15.1 Å². The average Bonchev–Trinajstić information content (AvgIpc) is 3.15. The van der Waals surface area contributed by atoms with Gasteiger partial charge in [-0.25, -0.2) is 4.79 Å². The minimum absolute atomic E-state index is 0.419. The largest absolute Gasteiger partial charge is 0.341 e. The van der Waals surface area contributed by atoms with Gasteiger partial charge in [0.2, 0.25) is 5.91 Å². The van der Waals surface area contributed by atoms with Crippen molar-refractivity contribution >= 4 is 23.7 Å². The van der Waals surface area contributed by atoms with Crippen molar-refractivity contribution in [2.75, 3.05) is 7.05 Å². The molecule has 0 aliphatic carbocycles. The van der Waals surface area contributed by atoms with E-state index in [2.05, 4.69) is 32.7 Å². The maximum atomic E-state index is 12.8. The van der Waals surface area contributed by atoms with E-state index in [4.69, 9.17) is 0 Å². The quantitative estimate of drug-likeness (QED) is 0.581. The summed E-state index contributed by atoms with van der Waals surface area (Å²) in [5, 5.41) is 13.4. The van der Waals surface area contributed by atoms with Crippen molar-refractivity contribution in [2.45, 2.75) is 30.3 Å². The van der Waals surface area contributed by atoms with Crippen molar-refractivity contribution < 1.29 is 9.59 Å². The molecule has 8 nitrogen and oxygen atoms in total. The van der Waals surface area contributed by atoms with Gasteiger partial charge < -0.3 is 9.88 Å². The number of benzene rings is 1. The Labute approximate surface area is 173 Å². The number of thioether (sulfide) groups is 1. The van der Waals surface area contributed by atoms with E-state index in [-0.39, 0.29) is 0 Å². The third kappa shape index (κ3) is 5.00. The number of pyridine rings is 1. The van der Waals surface area contributed by atoms with Crippen molar-refractivity contribution in [2.24, 2.45) is 0 Å². The maximum absolute atomic E-state index is 12.8. The highest BCUT2D eigenvalue weighted by Gasteiger charge is 2.27. The van der Waals surface area contributed by atoms with E-state index in [9.17, 15) is 9.59 Å². The first-order chi connectivity index (χ1) is 14.1. The van der Waals surface area contributed by atoms with E-state index >= 15 is 0 Å². The molecule has 1 atom stereocenters. The van der Waals surface area contributed by atoms with E-state index in [1.807, 2.05) is 47.0 Å². The van der Waals surface area contributed by atoms with Crippen LogP contribution in [0.3, 0.4) is 0 Å². The number of aromatic nitrogens is 4. The highest BCUT2D eigenvalue weighted by Crippen LogP contribution is 2.36. The number of hydrogen-bond acceptors (Lipinski definition) is 6. The van der Waals surface area contributed by atoms with E-state index in [0.717, 1.165) is 23.4 Å². The second-order valence-electron chi connectivity index (χ2n) is 6.17. The van der Waals surface area contributed by atoms with Crippen LogP contribution in [-0.2, 0) is 11.3 Å². The summed E-state index contributed by atoms with van der Waals surface area (Å²) in [5.41, 5.74) is 1.68. The van der Waals surface area contributed by atoms with Crippen LogP contribution in [0.25, 0.3) is 11.4 Å². The Kier molecular flexibility index (Phi) is 6.96. The SMILES string of the molecule is CCCn1c(S[C@@H](C(=O)NC(=O)NC)c2ccccc2)nnc1-c1ccncc1. The maximum Gasteiger partial charge on any atom is 0.321 e. The third-order valence-corrected chi connectivity index (χ3v) is 5.36. The minimum Gasteiger partial charge on any atom is -0.341 e. The fourth-order valence-corrected chi connectivity index (χ4v) is 3.82.